The smallest absolute Gasteiger partial charge is 0.241 e. The van der Waals surface area contributed by atoms with E-state index in [1.54, 1.807) is 23.1 Å². The van der Waals surface area contributed by atoms with E-state index < -0.39 is 0 Å². The number of rotatable bonds is 5. The van der Waals surface area contributed by atoms with Crippen LogP contribution in [0.5, 0.6) is 0 Å². The Bertz CT molecular complexity index is 421. The van der Waals surface area contributed by atoms with Gasteiger partial charge in [-0.2, -0.15) is 5.26 Å². The van der Waals surface area contributed by atoms with Crippen molar-refractivity contribution in [2.24, 2.45) is 0 Å². The van der Waals surface area contributed by atoms with E-state index in [-0.39, 0.29) is 12.5 Å². The summed E-state index contributed by atoms with van der Waals surface area (Å²) < 4.78 is 0. The Labute approximate surface area is 101 Å². The minimum atomic E-state index is 0.0270. The van der Waals surface area contributed by atoms with E-state index >= 15 is 0 Å². The minimum absolute atomic E-state index is 0.0270. The summed E-state index contributed by atoms with van der Waals surface area (Å²) in [4.78, 5) is 17.5. The van der Waals surface area contributed by atoms with E-state index in [0.717, 1.165) is 0 Å². The lowest BCUT2D eigenvalue weighted by atomic mass is 10.3. The highest BCUT2D eigenvalue weighted by atomic mass is 16.2. The van der Waals surface area contributed by atoms with E-state index in [2.05, 4.69) is 10.3 Å². The molecule has 0 saturated carbocycles. The number of hydrogen-bond donors (Lipinski definition) is 1. The summed E-state index contributed by atoms with van der Waals surface area (Å²) in [7, 11) is 0. The van der Waals surface area contributed by atoms with Crippen LogP contribution in [-0.2, 0) is 4.79 Å². The molecule has 90 valence electrons. The van der Waals surface area contributed by atoms with Crippen molar-refractivity contribution >= 4 is 11.7 Å². The zero-order valence-corrected chi connectivity index (χ0v) is 10.1. The van der Waals surface area contributed by atoms with Gasteiger partial charge in [-0.3, -0.25) is 4.79 Å². The number of pyridine rings is 1. The van der Waals surface area contributed by atoms with Crippen LogP contribution in [0.2, 0.25) is 0 Å². The molecule has 1 rings (SSSR count). The minimum Gasteiger partial charge on any atom is -0.361 e. The fourth-order valence-corrected chi connectivity index (χ4v) is 1.45. The summed E-state index contributed by atoms with van der Waals surface area (Å²) in [6.45, 7) is 5.47. The molecule has 0 atom stereocenters. The number of aromatic nitrogens is 1. The molecule has 0 spiro atoms. The third-order valence-electron chi connectivity index (χ3n) is 2.40. The number of likely N-dealkylation sites (N-methyl/N-ethyl adjacent to an activating group) is 1. The summed E-state index contributed by atoms with van der Waals surface area (Å²) in [6.07, 6.45) is 0. The van der Waals surface area contributed by atoms with Crippen LogP contribution in [-0.4, -0.2) is 35.4 Å². The van der Waals surface area contributed by atoms with Gasteiger partial charge >= 0.3 is 0 Å². The molecule has 1 heterocycles. The number of anilines is 1. The maximum atomic E-state index is 11.7. The van der Waals surface area contributed by atoms with Crippen molar-refractivity contribution in [2.75, 3.05) is 25.0 Å². The fraction of sp³-hybridized carbons (Fsp3) is 0.417. The van der Waals surface area contributed by atoms with Gasteiger partial charge < -0.3 is 10.2 Å². The van der Waals surface area contributed by atoms with Crippen LogP contribution in [0.3, 0.4) is 0 Å². The second-order valence-electron chi connectivity index (χ2n) is 3.44. The fourth-order valence-electron chi connectivity index (χ4n) is 1.45. The lowest BCUT2D eigenvalue weighted by Crippen LogP contribution is -2.35. The summed E-state index contributed by atoms with van der Waals surface area (Å²) in [5, 5.41) is 11.6. The lowest BCUT2D eigenvalue weighted by molar-refractivity contribution is -0.128. The van der Waals surface area contributed by atoms with Crippen LogP contribution < -0.4 is 5.32 Å². The van der Waals surface area contributed by atoms with Gasteiger partial charge in [0.05, 0.1) is 6.54 Å². The predicted molar refractivity (Wildman–Crippen MR) is 65.4 cm³/mol. The first-order chi connectivity index (χ1) is 8.21. The zero-order valence-electron chi connectivity index (χ0n) is 10.1. The third kappa shape index (κ3) is 3.76. The van der Waals surface area contributed by atoms with Gasteiger partial charge in [0.15, 0.2) is 0 Å². The molecule has 0 aromatic carbocycles. The SMILES string of the molecule is CCN(CC)C(=O)CNc1cccc(C#N)n1. The monoisotopic (exact) mass is 232 g/mol. The van der Waals surface area contributed by atoms with Gasteiger partial charge in [0.25, 0.3) is 0 Å². The predicted octanol–water partition coefficient (Wildman–Crippen LogP) is 1.23. The maximum absolute atomic E-state index is 11.7. The van der Waals surface area contributed by atoms with E-state index in [9.17, 15) is 4.79 Å². The van der Waals surface area contributed by atoms with Gasteiger partial charge in [-0.15, -0.1) is 0 Å². The molecule has 0 aliphatic heterocycles. The summed E-state index contributed by atoms with van der Waals surface area (Å²) in [5.41, 5.74) is 0.338. The summed E-state index contributed by atoms with van der Waals surface area (Å²) >= 11 is 0. The molecular weight excluding hydrogens is 216 g/mol. The molecule has 1 N–H and O–H groups in total. The van der Waals surface area contributed by atoms with Crippen molar-refractivity contribution in [3.05, 3.63) is 23.9 Å². The number of nitrogens with one attached hydrogen (secondary N) is 1. The van der Waals surface area contributed by atoms with Crippen LogP contribution >= 0.6 is 0 Å². The second-order valence-corrected chi connectivity index (χ2v) is 3.44. The lowest BCUT2D eigenvalue weighted by Gasteiger charge is -2.18. The standard InChI is InChI=1S/C12H16N4O/c1-3-16(4-2)12(17)9-14-11-7-5-6-10(8-13)15-11/h5-7H,3-4,9H2,1-2H3,(H,14,15). The average molecular weight is 232 g/mol. The maximum Gasteiger partial charge on any atom is 0.241 e. The van der Waals surface area contributed by atoms with Gasteiger partial charge in [-0.1, -0.05) is 6.07 Å². The molecule has 0 unspecified atom stereocenters. The van der Waals surface area contributed by atoms with Gasteiger partial charge in [-0.25, -0.2) is 4.98 Å². The van der Waals surface area contributed by atoms with Crippen molar-refractivity contribution in [3.63, 3.8) is 0 Å². The molecule has 1 aromatic rings. The molecule has 0 saturated heterocycles. The number of hydrogen-bond acceptors (Lipinski definition) is 4. The van der Waals surface area contributed by atoms with Crippen LogP contribution in [0, 0.1) is 11.3 Å². The van der Waals surface area contributed by atoms with E-state index in [1.165, 1.54) is 0 Å². The van der Waals surface area contributed by atoms with Crippen LogP contribution in [0.4, 0.5) is 5.82 Å². The van der Waals surface area contributed by atoms with Crippen molar-refractivity contribution < 1.29 is 4.79 Å². The summed E-state index contributed by atoms with van der Waals surface area (Å²) in [6, 6.07) is 7.04. The van der Waals surface area contributed by atoms with E-state index in [4.69, 9.17) is 5.26 Å². The van der Waals surface area contributed by atoms with Crippen LogP contribution in [0.15, 0.2) is 18.2 Å². The molecular formula is C12H16N4O. The quantitative estimate of drug-likeness (QED) is 0.829. The Kier molecular flexibility index (Phi) is 4.95. The number of nitriles is 1. The van der Waals surface area contributed by atoms with Crippen molar-refractivity contribution in [3.8, 4) is 6.07 Å². The molecule has 1 aromatic heterocycles. The van der Waals surface area contributed by atoms with Gasteiger partial charge in [0.1, 0.15) is 17.6 Å². The highest BCUT2D eigenvalue weighted by Crippen LogP contribution is 2.03. The van der Waals surface area contributed by atoms with Crippen LogP contribution in [0.1, 0.15) is 19.5 Å². The van der Waals surface area contributed by atoms with Gasteiger partial charge in [0.2, 0.25) is 5.91 Å². The molecule has 5 nitrogen and oxygen atoms in total. The Morgan fingerprint density at radius 1 is 1.47 bits per heavy atom. The number of amides is 1. The third-order valence-corrected chi connectivity index (χ3v) is 2.40. The van der Waals surface area contributed by atoms with Gasteiger partial charge in [-0.05, 0) is 26.0 Å². The molecule has 0 fully saturated rings. The normalized spacial score (nSPS) is 9.47. The Morgan fingerprint density at radius 2 is 2.18 bits per heavy atom. The van der Waals surface area contributed by atoms with Gasteiger partial charge in [0, 0.05) is 13.1 Å². The molecule has 0 aliphatic carbocycles. The first-order valence-electron chi connectivity index (χ1n) is 5.60. The zero-order chi connectivity index (χ0) is 12.7. The molecule has 17 heavy (non-hydrogen) atoms. The van der Waals surface area contributed by atoms with Crippen LogP contribution in [0.25, 0.3) is 0 Å². The highest BCUT2D eigenvalue weighted by molar-refractivity contribution is 5.80. The Morgan fingerprint density at radius 3 is 2.76 bits per heavy atom. The molecule has 1 amide bonds. The van der Waals surface area contributed by atoms with E-state index in [0.29, 0.717) is 24.6 Å². The summed E-state index contributed by atoms with van der Waals surface area (Å²) in [5.74, 6) is 0.573. The van der Waals surface area contributed by atoms with Crippen molar-refractivity contribution in [1.82, 2.24) is 9.88 Å². The number of nitrogens with zero attached hydrogens (tertiary/aromatic N) is 3. The highest BCUT2D eigenvalue weighted by Gasteiger charge is 2.08. The average Bonchev–Trinajstić information content (AvgIpc) is 2.38. The van der Waals surface area contributed by atoms with Crippen molar-refractivity contribution in [1.29, 1.82) is 5.26 Å². The Balaban J connectivity index is 2.55. The molecule has 0 aliphatic rings. The van der Waals surface area contributed by atoms with Crippen molar-refractivity contribution in [2.45, 2.75) is 13.8 Å². The Hall–Kier alpha value is -2.09. The molecule has 5 heteroatoms. The molecule has 0 radical (unpaired) electrons. The number of carbonyl (C=O) groups excluding carboxylic acids is 1. The van der Waals surface area contributed by atoms with E-state index in [1.807, 2.05) is 19.9 Å². The second kappa shape index (κ2) is 6.48. The molecule has 0 bridgehead atoms. The largest absolute Gasteiger partial charge is 0.361 e. The topological polar surface area (TPSA) is 69.0 Å². The number of carbonyl (C=O) groups is 1. The first kappa shape index (κ1) is 13.0. The first-order valence-corrected chi connectivity index (χ1v) is 5.60.